The van der Waals surface area contributed by atoms with E-state index in [1.165, 1.54) is 31.6 Å². The van der Waals surface area contributed by atoms with E-state index < -0.39 is 0 Å². The Balaban J connectivity index is 1.46. The van der Waals surface area contributed by atoms with Gasteiger partial charge in [0.2, 0.25) is 0 Å². The Labute approximate surface area is 205 Å². The number of hydrogen-bond acceptors (Lipinski definition) is 10. The summed E-state index contributed by atoms with van der Waals surface area (Å²) >= 11 is 0. The van der Waals surface area contributed by atoms with Crippen LogP contribution in [0.3, 0.4) is 0 Å². The second kappa shape index (κ2) is 8.55. The van der Waals surface area contributed by atoms with Crippen LogP contribution in [0.15, 0.2) is 29.7 Å². The minimum atomic E-state index is -0.339. The third kappa shape index (κ3) is 3.65. The zero-order chi connectivity index (χ0) is 25.0. The van der Waals surface area contributed by atoms with Crippen LogP contribution >= 0.6 is 0 Å². The third-order valence-corrected chi connectivity index (χ3v) is 7.01. The molecule has 11 nitrogen and oxygen atoms in total. The molecule has 1 aliphatic carbocycles. The number of rotatable bonds is 6. The van der Waals surface area contributed by atoms with Gasteiger partial charge < -0.3 is 30.5 Å². The number of nitrogens with zero attached hydrogens (tertiary/aromatic N) is 6. The lowest BCUT2D eigenvalue weighted by molar-refractivity contribution is 0.213. The lowest BCUT2D eigenvalue weighted by Gasteiger charge is -2.31. The smallest absolute Gasteiger partial charge is 0.326 e. The normalized spacial score (nSPS) is 21.5. The molecule has 0 radical (unpaired) electrons. The third-order valence-electron chi connectivity index (χ3n) is 7.01. The number of fused-ring (bicyclic) bond motifs is 5. The molecule has 2 aliphatic rings. The second-order valence-electron chi connectivity index (χ2n) is 9.21. The second-order valence-corrected chi connectivity index (χ2v) is 9.21. The van der Waals surface area contributed by atoms with Crippen molar-refractivity contribution < 1.29 is 14.0 Å². The molecule has 12 heteroatoms. The van der Waals surface area contributed by atoms with Crippen LogP contribution in [0.1, 0.15) is 25.6 Å². The van der Waals surface area contributed by atoms with Gasteiger partial charge in [-0.25, -0.2) is 14.4 Å². The van der Waals surface area contributed by atoms with Crippen molar-refractivity contribution in [3.8, 4) is 11.8 Å². The maximum atomic E-state index is 14.5. The highest BCUT2D eigenvalue weighted by Gasteiger charge is 2.44. The van der Waals surface area contributed by atoms with Crippen molar-refractivity contribution >= 4 is 39.2 Å². The number of nitrogens with one attached hydrogen (secondary N) is 2. The molecule has 1 aromatic carbocycles. The summed E-state index contributed by atoms with van der Waals surface area (Å²) in [5.74, 6) is 1.56. The van der Waals surface area contributed by atoms with Gasteiger partial charge in [0.1, 0.15) is 30.1 Å². The summed E-state index contributed by atoms with van der Waals surface area (Å²) < 4.78 is 20.5. The standard InChI is InChI=1S/C24H26FN9O2/c1-11(33-35-3)21-28-8-15(9-29-21)36-24-31-22-19(16-5-13(25)6-18(27-2)20(16)30-22)23(32-24)34-10-12-4-14(34)7-17(12)26/h5-6,8-9,12,14,17,27H,4,7,10,26H2,1-3H3,(H,30,31,32)/t12-,14-,17-/m1/s1. The Morgan fingerprint density at radius 2 is 2.06 bits per heavy atom. The molecule has 4 N–H and O–H groups in total. The van der Waals surface area contributed by atoms with Crippen LogP contribution in [-0.2, 0) is 4.84 Å². The fourth-order valence-corrected chi connectivity index (χ4v) is 5.37. The van der Waals surface area contributed by atoms with Crippen LogP contribution in [-0.4, -0.2) is 63.4 Å². The number of ether oxygens (including phenoxy) is 1. The van der Waals surface area contributed by atoms with Crippen molar-refractivity contribution in [2.24, 2.45) is 16.8 Å². The van der Waals surface area contributed by atoms with Crippen LogP contribution in [0.25, 0.3) is 21.9 Å². The monoisotopic (exact) mass is 491 g/mol. The molecule has 2 fully saturated rings. The molecule has 0 amide bonds. The quantitative estimate of drug-likeness (QED) is 0.274. The van der Waals surface area contributed by atoms with Crippen molar-refractivity contribution in [1.29, 1.82) is 0 Å². The van der Waals surface area contributed by atoms with Gasteiger partial charge in [-0.3, -0.25) is 0 Å². The molecule has 2 bridgehead atoms. The van der Waals surface area contributed by atoms with E-state index in [0.29, 0.717) is 45.7 Å². The Morgan fingerprint density at radius 1 is 1.25 bits per heavy atom. The lowest BCUT2D eigenvalue weighted by atomic mass is 10.0. The fraction of sp³-hybridized carbons (Fsp3) is 0.375. The zero-order valence-corrected chi connectivity index (χ0v) is 20.1. The first-order chi connectivity index (χ1) is 17.4. The molecule has 36 heavy (non-hydrogen) atoms. The van der Waals surface area contributed by atoms with E-state index in [0.717, 1.165) is 30.3 Å². The first-order valence-corrected chi connectivity index (χ1v) is 11.8. The lowest BCUT2D eigenvalue weighted by Crippen LogP contribution is -2.41. The molecule has 1 saturated carbocycles. The molecule has 3 aromatic heterocycles. The number of hydrogen-bond donors (Lipinski definition) is 3. The molecule has 4 heterocycles. The van der Waals surface area contributed by atoms with Crippen molar-refractivity contribution in [2.75, 3.05) is 30.9 Å². The van der Waals surface area contributed by atoms with E-state index in [9.17, 15) is 4.39 Å². The summed E-state index contributed by atoms with van der Waals surface area (Å²) in [5.41, 5.74) is 8.79. The van der Waals surface area contributed by atoms with Crippen LogP contribution < -0.4 is 20.7 Å². The molecular weight excluding hydrogens is 465 g/mol. The minimum Gasteiger partial charge on any atom is -0.421 e. The van der Waals surface area contributed by atoms with E-state index in [1.54, 1.807) is 14.0 Å². The number of oxime groups is 1. The SMILES string of the molecule is CNc1cc(F)cc2c1[nH]c1nc(Oc3cnc(C(C)=NOC)nc3)nc(N3C[C@H]4C[C@@H]3C[C@H]4N)c12. The van der Waals surface area contributed by atoms with E-state index >= 15 is 0 Å². The predicted octanol–water partition coefficient (Wildman–Crippen LogP) is 3.17. The molecule has 1 aliphatic heterocycles. The summed E-state index contributed by atoms with van der Waals surface area (Å²) in [5, 5.41) is 8.36. The van der Waals surface area contributed by atoms with Crippen molar-refractivity contribution in [1.82, 2.24) is 24.9 Å². The van der Waals surface area contributed by atoms with Gasteiger partial charge in [-0.2, -0.15) is 9.97 Å². The molecule has 6 rings (SSSR count). The number of aromatic nitrogens is 5. The highest BCUT2D eigenvalue weighted by Crippen LogP contribution is 2.44. The molecule has 0 spiro atoms. The maximum absolute atomic E-state index is 14.5. The van der Waals surface area contributed by atoms with Gasteiger partial charge in [-0.15, -0.1) is 0 Å². The van der Waals surface area contributed by atoms with Crippen LogP contribution in [0, 0.1) is 11.7 Å². The molecule has 3 atom stereocenters. The largest absolute Gasteiger partial charge is 0.421 e. The Hall–Kier alpha value is -4.06. The highest BCUT2D eigenvalue weighted by atomic mass is 19.1. The minimum absolute atomic E-state index is 0.140. The number of aromatic amines is 1. The van der Waals surface area contributed by atoms with Gasteiger partial charge in [0, 0.05) is 31.1 Å². The van der Waals surface area contributed by atoms with Crippen molar-refractivity contribution in [3.05, 3.63) is 36.2 Å². The number of benzene rings is 1. The molecule has 1 saturated heterocycles. The average Bonchev–Trinajstić information content (AvgIpc) is 3.55. The average molecular weight is 492 g/mol. The summed E-state index contributed by atoms with van der Waals surface area (Å²) in [7, 11) is 3.22. The number of anilines is 2. The molecule has 4 aromatic rings. The van der Waals surface area contributed by atoms with Gasteiger partial charge in [-0.05, 0) is 37.8 Å². The van der Waals surface area contributed by atoms with Crippen LogP contribution in [0.2, 0.25) is 0 Å². The number of piperidine rings is 1. The zero-order valence-electron chi connectivity index (χ0n) is 20.1. The number of H-pyrrole nitrogens is 1. The highest BCUT2D eigenvalue weighted by molar-refractivity contribution is 6.14. The Morgan fingerprint density at radius 3 is 2.72 bits per heavy atom. The van der Waals surface area contributed by atoms with Crippen LogP contribution in [0.5, 0.6) is 11.8 Å². The van der Waals surface area contributed by atoms with Gasteiger partial charge in [0.15, 0.2) is 11.6 Å². The summed E-state index contributed by atoms with van der Waals surface area (Å²) in [4.78, 5) is 28.3. The molecule has 186 valence electrons. The maximum Gasteiger partial charge on any atom is 0.326 e. The Bertz CT molecular complexity index is 1490. The van der Waals surface area contributed by atoms with E-state index in [1.807, 2.05) is 0 Å². The number of nitrogens with two attached hydrogens (primary N) is 1. The Kier molecular flexibility index (Phi) is 5.32. The van der Waals surface area contributed by atoms with E-state index in [2.05, 4.69) is 35.3 Å². The summed E-state index contributed by atoms with van der Waals surface area (Å²) in [6.45, 7) is 2.53. The molecule has 0 unspecified atom stereocenters. The van der Waals surface area contributed by atoms with Gasteiger partial charge >= 0.3 is 6.01 Å². The summed E-state index contributed by atoms with van der Waals surface area (Å²) in [6.07, 6.45) is 4.96. The topological polar surface area (TPSA) is 139 Å². The summed E-state index contributed by atoms with van der Waals surface area (Å²) in [6, 6.07) is 3.56. The fourth-order valence-electron chi connectivity index (χ4n) is 5.37. The van der Waals surface area contributed by atoms with E-state index in [4.69, 9.17) is 20.3 Å². The predicted molar refractivity (Wildman–Crippen MR) is 134 cm³/mol. The van der Waals surface area contributed by atoms with Gasteiger partial charge in [-0.1, -0.05) is 5.16 Å². The van der Waals surface area contributed by atoms with Crippen LogP contribution in [0.4, 0.5) is 15.9 Å². The van der Waals surface area contributed by atoms with E-state index in [-0.39, 0.29) is 23.9 Å². The van der Waals surface area contributed by atoms with Gasteiger partial charge in [0.05, 0.1) is 29.0 Å². The van der Waals surface area contributed by atoms with Gasteiger partial charge in [0.25, 0.3) is 0 Å². The number of halogens is 1. The first kappa shape index (κ1) is 22.4. The van der Waals surface area contributed by atoms with Crippen molar-refractivity contribution in [3.63, 3.8) is 0 Å². The van der Waals surface area contributed by atoms with Crippen molar-refractivity contribution in [2.45, 2.75) is 31.8 Å². The first-order valence-electron chi connectivity index (χ1n) is 11.8. The molecular formula is C24H26FN9O2.